The van der Waals surface area contributed by atoms with Crippen molar-refractivity contribution >= 4 is 17.8 Å². The Hall–Kier alpha value is -2.25. The van der Waals surface area contributed by atoms with Crippen molar-refractivity contribution in [1.29, 1.82) is 0 Å². The predicted molar refractivity (Wildman–Crippen MR) is 74.3 cm³/mol. The molecule has 8 nitrogen and oxygen atoms in total. The molecule has 8 heteroatoms. The van der Waals surface area contributed by atoms with Crippen molar-refractivity contribution in [1.82, 2.24) is 5.32 Å². The van der Waals surface area contributed by atoms with E-state index in [1.54, 1.807) is 0 Å². The van der Waals surface area contributed by atoms with E-state index in [1.165, 1.54) is 7.11 Å². The third kappa shape index (κ3) is 5.27. The molecular formula is C14H21NO7. The fourth-order valence-electron chi connectivity index (χ4n) is 1.69. The monoisotopic (exact) mass is 315 g/mol. The van der Waals surface area contributed by atoms with E-state index in [0.29, 0.717) is 13.0 Å². The van der Waals surface area contributed by atoms with E-state index in [0.717, 1.165) is 6.26 Å². The fraction of sp³-hybridized carbons (Fsp3) is 0.643. The van der Waals surface area contributed by atoms with Crippen molar-refractivity contribution in [3.63, 3.8) is 0 Å². The predicted octanol–water partition coefficient (Wildman–Crippen LogP) is 0.122. The average Bonchev–Trinajstić information content (AvgIpc) is 2.56. The molecule has 22 heavy (non-hydrogen) atoms. The number of hydrogen-bond donors (Lipinski definition) is 1. The third-order valence-electron chi connectivity index (χ3n) is 3.17. The first-order chi connectivity index (χ1) is 10.5. The van der Waals surface area contributed by atoms with Gasteiger partial charge in [0.1, 0.15) is 25.5 Å². The summed E-state index contributed by atoms with van der Waals surface area (Å²) in [5.74, 6) is -2.13. The lowest BCUT2D eigenvalue weighted by Gasteiger charge is -2.21. The standard InChI is InChI=1S/C14H21NO7/c1-4-9(2)12(14(18)19-3)15-11(16)8-22-13(17)10-7-20-5-6-21-10/h7,9,12H,4-6,8H2,1-3H3,(H,15,16)/t9-,12+/m1/s1. The summed E-state index contributed by atoms with van der Waals surface area (Å²) in [6.45, 7) is 3.77. The smallest absolute Gasteiger partial charge is 0.377 e. The van der Waals surface area contributed by atoms with Gasteiger partial charge in [0.05, 0.1) is 7.11 Å². The van der Waals surface area contributed by atoms with Crippen LogP contribution in [-0.4, -0.2) is 50.8 Å². The second-order valence-corrected chi connectivity index (χ2v) is 4.73. The van der Waals surface area contributed by atoms with Gasteiger partial charge in [0.15, 0.2) is 6.61 Å². The zero-order valence-electron chi connectivity index (χ0n) is 12.9. The van der Waals surface area contributed by atoms with Gasteiger partial charge in [-0.1, -0.05) is 20.3 Å². The molecule has 0 bridgehead atoms. The Kier molecular flexibility index (Phi) is 7.21. The highest BCUT2D eigenvalue weighted by molar-refractivity contribution is 5.90. The van der Waals surface area contributed by atoms with E-state index in [9.17, 15) is 14.4 Å². The van der Waals surface area contributed by atoms with Gasteiger partial charge in [-0.25, -0.2) is 9.59 Å². The number of nitrogens with one attached hydrogen (secondary N) is 1. The Labute approximate surface area is 128 Å². The van der Waals surface area contributed by atoms with Gasteiger partial charge < -0.3 is 24.3 Å². The van der Waals surface area contributed by atoms with E-state index in [2.05, 4.69) is 10.1 Å². The summed E-state index contributed by atoms with van der Waals surface area (Å²) in [6.07, 6.45) is 1.82. The topological polar surface area (TPSA) is 100 Å². The molecule has 1 aliphatic rings. The number of carbonyl (C=O) groups excluding carboxylic acids is 3. The van der Waals surface area contributed by atoms with Crippen LogP contribution >= 0.6 is 0 Å². The Bertz CT molecular complexity index is 446. The van der Waals surface area contributed by atoms with Crippen molar-refractivity contribution in [2.75, 3.05) is 26.9 Å². The highest BCUT2D eigenvalue weighted by atomic mass is 16.6. The molecule has 0 radical (unpaired) electrons. The maximum atomic E-state index is 11.8. The number of esters is 2. The summed E-state index contributed by atoms with van der Waals surface area (Å²) < 4.78 is 19.4. The highest BCUT2D eigenvalue weighted by Gasteiger charge is 2.27. The first-order valence-electron chi connectivity index (χ1n) is 6.98. The molecule has 0 aromatic carbocycles. The molecular weight excluding hydrogens is 294 g/mol. The molecule has 1 heterocycles. The van der Waals surface area contributed by atoms with Gasteiger partial charge in [-0.2, -0.15) is 0 Å². The molecule has 124 valence electrons. The van der Waals surface area contributed by atoms with E-state index < -0.39 is 30.5 Å². The van der Waals surface area contributed by atoms with E-state index in [1.807, 2.05) is 13.8 Å². The highest BCUT2D eigenvalue weighted by Crippen LogP contribution is 2.09. The molecule has 0 spiro atoms. The number of rotatable bonds is 7. The van der Waals surface area contributed by atoms with Gasteiger partial charge in [0.2, 0.25) is 5.76 Å². The Balaban J connectivity index is 2.48. The third-order valence-corrected chi connectivity index (χ3v) is 3.17. The van der Waals surface area contributed by atoms with Gasteiger partial charge in [-0.05, 0) is 5.92 Å². The van der Waals surface area contributed by atoms with Crippen LogP contribution in [0.2, 0.25) is 0 Å². The number of carbonyl (C=O) groups is 3. The van der Waals surface area contributed by atoms with Gasteiger partial charge in [0.25, 0.3) is 5.91 Å². The number of ether oxygens (including phenoxy) is 4. The van der Waals surface area contributed by atoms with Gasteiger partial charge >= 0.3 is 11.9 Å². The maximum Gasteiger partial charge on any atom is 0.377 e. The second-order valence-electron chi connectivity index (χ2n) is 4.73. The molecule has 1 N–H and O–H groups in total. The lowest BCUT2D eigenvalue weighted by atomic mass is 9.99. The van der Waals surface area contributed by atoms with Crippen molar-refractivity contribution in [3.8, 4) is 0 Å². The first kappa shape index (κ1) is 17.8. The summed E-state index contributed by atoms with van der Waals surface area (Å²) in [5, 5.41) is 2.49. The van der Waals surface area contributed by atoms with Crippen LogP contribution in [0.5, 0.6) is 0 Å². The Morgan fingerprint density at radius 2 is 2.09 bits per heavy atom. The zero-order chi connectivity index (χ0) is 16.5. The van der Waals surface area contributed by atoms with Gasteiger partial charge in [0, 0.05) is 0 Å². The lowest BCUT2D eigenvalue weighted by Crippen LogP contribution is -2.47. The number of amides is 1. The minimum atomic E-state index is -0.798. The van der Waals surface area contributed by atoms with Crippen LogP contribution in [0.4, 0.5) is 0 Å². The molecule has 1 rings (SSSR count). The average molecular weight is 315 g/mol. The van der Waals surface area contributed by atoms with E-state index >= 15 is 0 Å². The molecule has 1 amide bonds. The molecule has 0 saturated heterocycles. The van der Waals surface area contributed by atoms with Crippen molar-refractivity contribution in [2.45, 2.75) is 26.3 Å². The first-order valence-corrected chi connectivity index (χ1v) is 6.98. The molecule has 0 aliphatic carbocycles. The fourth-order valence-corrected chi connectivity index (χ4v) is 1.69. The molecule has 2 atom stereocenters. The minimum Gasteiger partial charge on any atom is -0.493 e. The summed E-state index contributed by atoms with van der Waals surface area (Å²) >= 11 is 0. The van der Waals surface area contributed by atoms with Gasteiger partial charge in [-0.3, -0.25) is 4.79 Å². The SMILES string of the molecule is CC[C@@H](C)[C@H](NC(=O)COC(=O)C1=COCCO1)C(=O)OC. The van der Waals surface area contributed by atoms with Crippen LogP contribution in [0.3, 0.4) is 0 Å². The van der Waals surface area contributed by atoms with Crippen LogP contribution in [-0.2, 0) is 33.3 Å². The minimum absolute atomic E-state index is 0.0921. The molecule has 1 aliphatic heterocycles. The number of hydrogen-bond acceptors (Lipinski definition) is 7. The van der Waals surface area contributed by atoms with Crippen LogP contribution in [0, 0.1) is 5.92 Å². The van der Waals surface area contributed by atoms with Gasteiger partial charge in [-0.15, -0.1) is 0 Å². The van der Waals surface area contributed by atoms with Crippen LogP contribution < -0.4 is 5.32 Å². The summed E-state index contributed by atoms with van der Waals surface area (Å²) in [5.41, 5.74) is 0. The Morgan fingerprint density at radius 3 is 2.64 bits per heavy atom. The van der Waals surface area contributed by atoms with E-state index in [4.69, 9.17) is 14.2 Å². The molecule has 0 aromatic heterocycles. The maximum absolute atomic E-state index is 11.8. The molecule has 0 aromatic rings. The number of methoxy groups -OCH3 is 1. The van der Waals surface area contributed by atoms with Crippen LogP contribution in [0.1, 0.15) is 20.3 Å². The molecule has 0 unspecified atom stereocenters. The summed E-state index contributed by atoms with van der Waals surface area (Å²) in [4.78, 5) is 35.0. The molecule has 0 fully saturated rings. The largest absolute Gasteiger partial charge is 0.493 e. The van der Waals surface area contributed by atoms with Crippen molar-refractivity contribution < 1.29 is 33.3 Å². The van der Waals surface area contributed by atoms with Crippen LogP contribution in [0.25, 0.3) is 0 Å². The lowest BCUT2D eigenvalue weighted by molar-refractivity contribution is -0.151. The quantitative estimate of drug-likeness (QED) is 0.666. The zero-order valence-corrected chi connectivity index (χ0v) is 12.9. The normalized spacial score (nSPS) is 16.2. The van der Waals surface area contributed by atoms with Crippen LogP contribution in [0.15, 0.2) is 12.0 Å². The summed E-state index contributed by atoms with van der Waals surface area (Å²) in [7, 11) is 1.25. The van der Waals surface area contributed by atoms with E-state index in [-0.39, 0.29) is 18.3 Å². The molecule has 0 saturated carbocycles. The Morgan fingerprint density at radius 1 is 1.36 bits per heavy atom. The van der Waals surface area contributed by atoms with Crippen molar-refractivity contribution in [2.24, 2.45) is 5.92 Å². The van der Waals surface area contributed by atoms with Crippen molar-refractivity contribution in [3.05, 3.63) is 12.0 Å². The second kappa shape index (κ2) is 8.91. The summed E-state index contributed by atoms with van der Waals surface area (Å²) in [6, 6.07) is -0.783.